The maximum Gasteiger partial charge on any atom is 0.230 e. The molecule has 0 bridgehead atoms. The van der Waals surface area contributed by atoms with Crippen molar-refractivity contribution in [3.05, 3.63) is 65.2 Å². The molecule has 1 aromatic heterocycles. The molecular weight excluding hydrogens is 408 g/mol. The fourth-order valence-corrected chi connectivity index (χ4v) is 4.18. The van der Waals surface area contributed by atoms with Crippen LogP contribution in [0, 0.1) is 0 Å². The second kappa shape index (κ2) is 9.39. The Morgan fingerprint density at radius 2 is 1.97 bits per heavy atom. The van der Waals surface area contributed by atoms with E-state index in [1.807, 2.05) is 18.2 Å². The summed E-state index contributed by atoms with van der Waals surface area (Å²) in [6, 6.07) is 17.8. The first-order chi connectivity index (χ1) is 14.2. The van der Waals surface area contributed by atoms with E-state index in [-0.39, 0.29) is 17.7 Å². The lowest BCUT2D eigenvalue weighted by Gasteiger charge is -2.16. The number of likely N-dealkylation sites (tertiary alicyclic amines) is 1. The van der Waals surface area contributed by atoms with Gasteiger partial charge in [0.2, 0.25) is 11.1 Å². The van der Waals surface area contributed by atoms with Gasteiger partial charge in [-0.2, -0.15) is 4.68 Å². The van der Waals surface area contributed by atoms with Crippen molar-refractivity contribution < 1.29 is 4.79 Å². The van der Waals surface area contributed by atoms with Crippen LogP contribution in [0.3, 0.4) is 0 Å². The summed E-state index contributed by atoms with van der Waals surface area (Å²) in [7, 11) is 0. The molecule has 0 radical (unpaired) electrons. The van der Waals surface area contributed by atoms with E-state index in [4.69, 9.17) is 11.6 Å². The summed E-state index contributed by atoms with van der Waals surface area (Å²) in [4.78, 5) is 14.8. The zero-order chi connectivity index (χ0) is 20.1. The highest BCUT2D eigenvalue weighted by Gasteiger charge is 2.24. The molecule has 1 atom stereocenters. The number of carbonyl (C=O) groups is 1. The molecule has 4 rings (SSSR count). The minimum absolute atomic E-state index is 0.00721. The zero-order valence-electron chi connectivity index (χ0n) is 15.7. The molecule has 1 saturated heterocycles. The molecule has 2 aromatic carbocycles. The van der Waals surface area contributed by atoms with E-state index >= 15 is 0 Å². The molecule has 1 fully saturated rings. The van der Waals surface area contributed by atoms with E-state index in [1.165, 1.54) is 17.3 Å². The molecule has 150 valence electrons. The third kappa shape index (κ3) is 5.35. The summed E-state index contributed by atoms with van der Waals surface area (Å²) in [5.41, 5.74) is 2.10. The van der Waals surface area contributed by atoms with Crippen LogP contribution < -0.4 is 5.32 Å². The van der Waals surface area contributed by atoms with Gasteiger partial charge in [-0.1, -0.05) is 53.7 Å². The molecule has 0 saturated carbocycles. The van der Waals surface area contributed by atoms with Gasteiger partial charge >= 0.3 is 0 Å². The van der Waals surface area contributed by atoms with E-state index in [0.29, 0.717) is 10.2 Å². The van der Waals surface area contributed by atoms with E-state index in [1.54, 1.807) is 16.8 Å². The van der Waals surface area contributed by atoms with Crippen molar-refractivity contribution in [3.63, 3.8) is 0 Å². The Bertz CT molecular complexity index is 949. The van der Waals surface area contributed by atoms with Crippen molar-refractivity contribution in [2.45, 2.75) is 24.2 Å². The van der Waals surface area contributed by atoms with E-state index in [0.717, 1.165) is 31.7 Å². The molecule has 1 amide bonds. The molecular formula is C20H21ClN6OS. The molecule has 1 aliphatic rings. The highest BCUT2D eigenvalue weighted by Crippen LogP contribution is 2.20. The van der Waals surface area contributed by atoms with Crippen LogP contribution in [0.25, 0.3) is 5.69 Å². The maximum atomic E-state index is 12.4. The second-order valence-corrected chi connectivity index (χ2v) is 8.29. The smallest absolute Gasteiger partial charge is 0.230 e. The quantitative estimate of drug-likeness (QED) is 0.583. The van der Waals surface area contributed by atoms with Crippen LogP contribution in [0.15, 0.2) is 59.8 Å². The highest BCUT2D eigenvalue weighted by molar-refractivity contribution is 7.99. The Balaban J connectivity index is 1.26. The molecule has 29 heavy (non-hydrogen) atoms. The fourth-order valence-electron chi connectivity index (χ4n) is 3.35. The standard InChI is InChI=1S/C20H21ClN6OS/c21-16-6-8-18(9-7-16)27-20(23-24-25-27)29-14-19(28)22-17-10-11-26(13-17)12-15-4-2-1-3-5-15/h1-9,17H,10-14H2,(H,22,28). The first-order valence-corrected chi connectivity index (χ1v) is 10.8. The number of carbonyl (C=O) groups excluding carboxylic acids is 1. The van der Waals surface area contributed by atoms with Gasteiger partial charge in [-0.25, -0.2) is 0 Å². The number of aromatic nitrogens is 4. The van der Waals surface area contributed by atoms with Crippen LogP contribution in [-0.4, -0.2) is 55.9 Å². The number of thioether (sulfide) groups is 1. The van der Waals surface area contributed by atoms with Gasteiger partial charge in [-0.15, -0.1) is 5.10 Å². The van der Waals surface area contributed by atoms with E-state index in [2.05, 4.69) is 50.0 Å². The third-order valence-electron chi connectivity index (χ3n) is 4.73. The Hall–Kier alpha value is -2.42. The average molecular weight is 429 g/mol. The lowest BCUT2D eigenvalue weighted by atomic mass is 10.2. The summed E-state index contributed by atoms with van der Waals surface area (Å²) in [6.07, 6.45) is 0.964. The lowest BCUT2D eigenvalue weighted by molar-refractivity contribution is -0.119. The van der Waals surface area contributed by atoms with Gasteiger partial charge in [0.15, 0.2) is 0 Å². The van der Waals surface area contributed by atoms with Crippen LogP contribution >= 0.6 is 23.4 Å². The van der Waals surface area contributed by atoms with Crippen LogP contribution in [-0.2, 0) is 11.3 Å². The number of benzene rings is 2. The predicted molar refractivity (Wildman–Crippen MR) is 113 cm³/mol. The van der Waals surface area contributed by atoms with E-state index < -0.39 is 0 Å². The predicted octanol–water partition coefficient (Wildman–Crippen LogP) is 2.80. The largest absolute Gasteiger partial charge is 0.351 e. The first-order valence-electron chi connectivity index (χ1n) is 9.40. The normalized spacial score (nSPS) is 16.8. The Morgan fingerprint density at radius 1 is 1.17 bits per heavy atom. The van der Waals surface area contributed by atoms with Crippen LogP contribution in [0.2, 0.25) is 5.02 Å². The third-order valence-corrected chi connectivity index (χ3v) is 5.90. The Labute approximate surface area is 178 Å². The van der Waals surface area contributed by atoms with Gasteiger partial charge < -0.3 is 5.32 Å². The van der Waals surface area contributed by atoms with Crippen molar-refractivity contribution in [2.24, 2.45) is 0 Å². The maximum absolute atomic E-state index is 12.4. The van der Waals surface area contributed by atoms with Crippen LogP contribution in [0.5, 0.6) is 0 Å². The molecule has 0 aliphatic carbocycles. The average Bonchev–Trinajstić information content (AvgIpc) is 3.37. The number of hydrogen-bond acceptors (Lipinski definition) is 6. The summed E-state index contributed by atoms with van der Waals surface area (Å²) in [5, 5.41) is 16.1. The summed E-state index contributed by atoms with van der Waals surface area (Å²) in [5.74, 6) is 0.260. The van der Waals surface area contributed by atoms with Gasteiger partial charge in [-0.05, 0) is 46.7 Å². The van der Waals surface area contributed by atoms with Crippen molar-refractivity contribution in [3.8, 4) is 5.69 Å². The van der Waals surface area contributed by atoms with Gasteiger partial charge in [0.05, 0.1) is 11.4 Å². The highest BCUT2D eigenvalue weighted by atomic mass is 35.5. The topological polar surface area (TPSA) is 75.9 Å². The second-order valence-electron chi connectivity index (χ2n) is 6.91. The number of amides is 1. The molecule has 2 heterocycles. The van der Waals surface area contributed by atoms with Gasteiger partial charge in [0, 0.05) is 30.7 Å². The lowest BCUT2D eigenvalue weighted by Crippen LogP contribution is -2.38. The van der Waals surface area contributed by atoms with Gasteiger partial charge in [0.25, 0.3) is 0 Å². The summed E-state index contributed by atoms with van der Waals surface area (Å²) >= 11 is 7.25. The fraction of sp³-hybridized carbons (Fsp3) is 0.300. The SMILES string of the molecule is O=C(CSc1nnnn1-c1ccc(Cl)cc1)NC1CCN(Cc2ccccc2)C1. The van der Waals surface area contributed by atoms with Crippen LogP contribution in [0.4, 0.5) is 0 Å². The summed E-state index contributed by atoms with van der Waals surface area (Å²) < 4.78 is 1.60. The molecule has 1 N–H and O–H groups in total. The van der Waals surface area contributed by atoms with Gasteiger partial charge in [-0.3, -0.25) is 9.69 Å². The number of rotatable bonds is 7. The van der Waals surface area contributed by atoms with Crippen molar-refractivity contribution in [1.29, 1.82) is 0 Å². The zero-order valence-corrected chi connectivity index (χ0v) is 17.3. The minimum Gasteiger partial charge on any atom is -0.351 e. The molecule has 1 unspecified atom stereocenters. The molecule has 9 heteroatoms. The minimum atomic E-state index is -0.00721. The molecule has 3 aromatic rings. The van der Waals surface area contributed by atoms with E-state index in [9.17, 15) is 4.79 Å². The van der Waals surface area contributed by atoms with Gasteiger partial charge in [0.1, 0.15) is 0 Å². The monoisotopic (exact) mass is 428 g/mol. The Kier molecular flexibility index (Phi) is 6.43. The van der Waals surface area contributed by atoms with Crippen molar-refractivity contribution >= 4 is 29.3 Å². The van der Waals surface area contributed by atoms with Crippen LogP contribution in [0.1, 0.15) is 12.0 Å². The number of hydrogen-bond donors (Lipinski definition) is 1. The summed E-state index contributed by atoms with van der Waals surface area (Å²) in [6.45, 7) is 2.77. The van der Waals surface area contributed by atoms with Crippen molar-refractivity contribution in [1.82, 2.24) is 30.4 Å². The van der Waals surface area contributed by atoms with Crippen molar-refractivity contribution in [2.75, 3.05) is 18.8 Å². The molecule has 0 spiro atoms. The Morgan fingerprint density at radius 3 is 2.76 bits per heavy atom. The first kappa shape index (κ1) is 19.9. The number of tetrazole rings is 1. The number of halogens is 1. The molecule has 1 aliphatic heterocycles. The number of nitrogens with one attached hydrogen (secondary N) is 1. The molecule has 7 nitrogen and oxygen atoms in total. The number of nitrogens with zero attached hydrogens (tertiary/aromatic N) is 5.